The van der Waals surface area contributed by atoms with Gasteiger partial charge in [-0.05, 0) is 56.6 Å². The molecule has 0 radical (unpaired) electrons. The molecule has 25 heavy (non-hydrogen) atoms. The lowest BCUT2D eigenvalue weighted by molar-refractivity contribution is 0.0939. The topological polar surface area (TPSA) is 76.1 Å². The van der Waals surface area contributed by atoms with Gasteiger partial charge in [0.15, 0.2) is 4.77 Å². The van der Waals surface area contributed by atoms with Crippen LogP contribution in [-0.4, -0.2) is 34.2 Å². The van der Waals surface area contributed by atoms with Crippen molar-refractivity contribution in [2.75, 3.05) is 6.61 Å². The molecule has 6 nitrogen and oxygen atoms in total. The Morgan fingerprint density at radius 1 is 1.52 bits per heavy atom. The van der Waals surface area contributed by atoms with E-state index in [1.165, 1.54) is 0 Å². The Hall–Kier alpha value is -1.99. The second kappa shape index (κ2) is 7.49. The molecule has 0 aliphatic carbocycles. The van der Waals surface area contributed by atoms with Gasteiger partial charge in [0, 0.05) is 18.2 Å². The zero-order valence-corrected chi connectivity index (χ0v) is 15.3. The molecule has 1 aromatic carbocycles. The van der Waals surface area contributed by atoms with Gasteiger partial charge in [0.1, 0.15) is 0 Å². The molecule has 0 unspecified atom stereocenters. The minimum atomic E-state index is -0.154. The fraction of sp³-hybridized carbons (Fsp3) is 0.500. The first-order chi connectivity index (χ1) is 12.0. The third kappa shape index (κ3) is 3.82. The summed E-state index contributed by atoms with van der Waals surface area (Å²) in [5.74, 6) is -0.154. The quantitative estimate of drug-likeness (QED) is 0.803. The van der Waals surface area contributed by atoms with E-state index in [1.807, 2.05) is 13.8 Å². The fourth-order valence-corrected chi connectivity index (χ4v) is 3.23. The number of rotatable bonds is 5. The van der Waals surface area contributed by atoms with E-state index in [9.17, 15) is 9.59 Å². The number of carbonyl (C=O) groups is 1. The van der Waals surface area contributed by atoms with Gasteiger partial charge in [-0.3, -0.25) is 14.2 Å². The standard InChI is InChI=1S/C18H23N3O3S/c1-3-11(2)19-16(22)12-6-7-14-15(9-12)20-18(25)21(17(14)23)10-13-5-4-8-24-13/h6-7,9,11,13H,3-5,8,10H2,1-2H3,(H,19,22)(H,20,25)/t11-,13-/m0/s1. The van der Waals surface area contributed by atoms with Crippen molar-refractivity contribution in [1.82, 2.24) is 14.9 Å². The zero-order chi connectivity index (χ0) is 18.0. The number of H-pyrrole nitrogens is 1. The number of amides is 1. The predicted octanol–water partition coefficient (Wildman–Crippen LogP) is 2.77. The van der Waals surface area contributed by atoms with Crippen LogP contribution >= 0.6 is 12.2 Å². The van der Waals surface area contributed by atoms with Crippen molar-refractivity contribution < 1.29 is 9.53 Å². The van der Waals surface area contributed by atoms with Crippen LogP contribution < -0.4 is 10.9 Å². The highest BCUT2D eigenvalue weighted by Crippen LogP contribution is 2.15. The first-order valence-corrected chi connectivity index (χ1v) is 9.09. The van der Waals surface area contributed by atoms with E-state index in [0.29, 0.717) is 27.8 Å². The maximum Gasteiger partial charge on any atom is 0.262 e. The SMILES string of the molecule is CC[C@H](C)NC(=O)c1ccc2c(=O)n(C[C@@H]3CCCO3)c(=S)[nH]c2c1. The highest BCUT2D eigenvalue weighted by atomic mass is 32.1. The molecule has 0 saturated carbocycles. The maximum absolute atomic E-state index is 12.8. The largest absolute Gasteiger partial charge is 0.376 e. The first kappa shape index (κ1) is 17.8. The normalized spacial score (nSPS) is 18.4. The third-order valence-electron chi connectivity index (χ3n) is 4.64. The van der Waals surface area contributed by atoms with Gasteiger partial charge in [-0.25, -0.2) is 0 Å². The fourth-order valence-electron chi connectivity index (χ4n) is 2.96. The average molecular weight is 361 g/mol. The van der Waals surface area contributed by atoms with Crippen LogP contribution in [0.4, 0.5) is 0 Å². The lowest BCUT2D eigenvalue weighted by atomic mass is 10.1. The molecule has 2 heterocycles. The van der Waals surface area contributed by atoms with E-state index in [4.69, 9.17) is 17.0 Å². The van der Waals surface area contributed by atoms with E-state index in [0.717, 1.165) is 25.9 Å². The van der Waals surface area contributed by atoms with Crippen molar-refractivity contribution in [2.24, 2.45) is 0 Å². The molecule has 2 aromatic rings. The number of fused-ring (bicyclic) bond motifs is 1. The molecule has 1 aromatic heterocycles. The molecule has 134 valence electrons. The molecule has 2 atom stereocenters. The molecule has 1 amide bonds. The number of hydrogen-bond acceptors (Lipinski definition) is 4. The molecule has 2 N–H and O–H groups in total. The van der Waals surface area contributed by atoms with E-state index < -0.39 is 0 Å². The van der Waals surface area contributed by atoms with Crippen molar-refractivity contribution >= 4 is 29.0 Å². The molecule has 3 rings (SSSR count). The number of benzene rings is 1. The van der Waals surface area contributed by atoms with E-state index in [-0.39, 0.29) is 23.6 Å². The number of ether oxygens (including phenoxy) is 1. The number of aromatic nitrogens is 2. The van der Waals surface area contributed by atoms with E-state index >= 15 is 0 Å². The minimum Gasteiger partial charge on any atom is -0.376 e. The summed E-state index contributed by atoms with van der Waals surface area (Å²) < 4.78 is 7.51. The summed E-state index contributed by atoms with van der Waals surface area (Å²) in [7, 11) is 0. The van der Waals surface area contributed by atoms with Crippen molar-refractivity contribution in [3.05, 3.63) is 38.9 Å². The van der Waals surface area contributed by atoms with Gasteiger partial charge in [-0.1, -0.05) is 6.92 Å². The van der Waals surface area contributed by atoms with Gasteiger partial charge in [0.05, 0.1) is 23.6 Å². The number of nitrogens with zero attached hydrogens (tertiary/aromatic N) is 1. The van der Waals surface area contributed by atoms with Crippen LogP contribution in [0.5, 0.6) is 0 Å². The molecule has 7 heteroatoms. The predicted molar refractivity (Wildman–Crippen MR) is 99.6 cm³/mol. The number of carbonyl (C=O) groups excluding carboxylic acids is 1. The van der Waals surface area contributed by atoms with Gasteiger partial charge in [-0.15, -0.1) is 0 Å². The third-order valence-corrected chi connectivity index (χ3v) is 4.97. The Labute approximate surface area is 151 Å². The molecular weight excluding hydrogens is 338 g/mol. The molecule has 1 saturated heterocycles. The second-order valence-electron chi connectivity index (χ2n) is 6.52. The van der Waals surface area contributed by atoms with Crippen LogP contribution in [0, 0.1) is 4.77 Å². The Kier molecular flexibility index (Phi) is 5.34. The van der Waals surface area contributed by atoms with Crippen molar-refractivity contribution in [1.29, 1.82) is 0 Å². The molecule has 1 fully saturated rings. The Morgan fingerprint density at radius 2 is 2.32 bits per heavy atom. The summed E-state index contributed by atoms with van der Waals surface area (Å²) in [4.78, 5) is 28.1. The van der Waals surface area contributed by atoms with Crippen LogP contribution in [0.25, 0.3) is 10.9 Å². The Morgan fingerprint density at radius 3 is 3.00 bits per heavy atom. The summed E-state index contributed by atoms with van der Waals surface area (Å²) in [5.41, 5.74) is 0.938. The molecular formula is C18H23N3O3S. The highest BCUT2D eigenvalue weighted by molar-refractivity contribution is 7.71. The van der Waals surface area contributed by atoms with E-state index in [2.05, 4.69) is 10.3 Å². The van der Waals surface area contributed by atoms with Gasteiger partial charge in [-0.2, -0.15) is 0 Å². The molecule has 1 aliphatic heterocycles. The Balaban J connectivity index is 1.95. The van der Waals surface area contributed by atoms with Crippen LogP contribution in [0.3, 0.4) is 0 Å². The van der Waals surface area contributed by atoms with Gasteiger partial charge < -0.3 is 15.0 Å². The molecule has 0 bridgehead atoms. The monoisotopic (exact) mass is 361 g/mol. The van der Waals surface area contributed by atoms with Crippen LogP contribution in [-0.2, 0) is 11.3 Å². The van der Waals surface area contributed by atoms with Crippen LogP contribution in [0.1, 0.15) is 43.5 Å². The summed E-state index contributed by atoms with van der Waals surface area (Å²) in [6.45, 7) is 5.16. The van der Waals surface area contributed by atoms with Gasteiger partial charge in [0.2, 0.25) is 0 Å². The average Bonchev–Trinajstić information content (AvgIpc) is 3.11. The summed E-state index contributed by atoms with van der Waals surface area (Å²) in [5, 5.41) is 3.44. The van der Waals surface area contributed by atoms with Crippen molar-refractivity contribution in [2.45, 2.75) is 51.8 Å². The van der Waals surface area contributed by atoms with E-state index in [1.54, 1.807) is 22.8 Å². The summed E-state index contributed by atoms with van der Waals surface area (Å²) >= 11 is 5.35. The van der Waals surface area contributed by atoms with Gasteiger partial charge in [0.25, 0.3) is 11.5 Å². The lowest BCUT2D eigenvalue weighted by Crippen LogP contribution is -2.32. The zero-order valence-electron chi connectivity index (χ0n) is 14.5. The number of nitrogens with one attached hydrogen (secondary N) is 2. The second-order valence-corrected chi connectivity index (χ2v) is 6.91. The first-order valence-electron chi connectivity index (χ1n) is 8.69. The van der Waals surface area contributed by atoms with Crippen LogP contribution in [0.15, 0.2) is 23.0 Å². The Bertz CT molecular complexity index is 897. The van der Waals surface area contributed by atoms with Crippen molar-refractivity contribution in [3.8, 4) is 0 Å². The number of aromatic amines is 1. The molecule has 0 spiro atoms. The highest BCUT2D eigenvalue weighted by Gasteiger charge is 2.18. The summed E-state index contributed by atoms with van der Waals surface area (Å²) in [6.07, 6.45) is 2.84. The van der Waals surface area contributed by atoms with Crippen molar-refractivity contribution in [3.63, 3.8) is 0 Å². The smallest absolute Gasteiger partial charge is 0.262 e. The lowest BCUT2D eigenvalue weighted by Gasteiger charge is -2.14. The van der Waals surface area contributed by atoms with Gasteiger partial charge >= 0.3 is 0 Å². The van der Waals surface area contributed by atoms with Crippen LogP contribution in [0.2, 0.25) is 0 Å². The molecule has 1 aliphatic rings. The summed E-state index contributed by atoms with van der Waals surface area (Å²) in [6, 6.07) is 5.14. The minimum absolute atomic E-state index is 0.0332. The maximum atomic E-state index is 12.8. The number of hydrogen-bond donors (Lipinski definition) is 2.